The van der Waals surface area contributed by atoms with Gasteiger partial charge in [0.05, 0.1) is 6.42 Å². The standard InChI is InChI=1S/C20H27N5O8/c1-9-6-14-20(31)33-12(4)18(29)23(5)13(7-15(21)26)19(30)25(32)11(3)16(27)22-10(2)17(28)24(14)8-9/h9,11-13,32H,2,6-8H2,1,3-5H3,(H2-,21,22,26,27)/p+1. The summed E-state index contributed by atoms with van der Waals surface area (Å²) in [6, 6.07) is -3.11. The average molecular weight is 466 g/mol. The number of carbonyl (C=O) groups is 6. The van der Waals surface area contributed by atoms with Gasteiger partial charge in [-0.25, -0.2) is 14.7 Å². The second kappa shape index (κ2) is 9.90. The number of nitrogens with two attached hydrogens (primary N) is 1. The molecule has 0 radical (unpaired) electrons. The van der Waals surface area contributed by atoms with Crippen LogP contribution < -0.4 is 11.1 Å². The van der Waals surface area contributed by atoms with E-state index in [9.17, 15) is 34.0 Å². The van der Waals surface area contributed by atoms with Crippen molar-refractivity contribution in [1.29, 1.82) is 0 Å². The molecule has 2 aliphatic heterocycles. The summed E-state index contributed by atoms with van der Waals surface area (Å²) in [5.74, 6) is -5.76. The van der Waals surface area contributed by atoms with Crippen LogP contribution in [0.1, 0.15) is 33.6 Å². The third-order valence-electron chi connectivity index (χ3n) is 5.47. The summed E-state index contributed by atoms with van der Waals surface area (Å²) in [6.45, 7) is 7.90. The van der Waals surface area contributed by atoms with E-state index in [1.165, 1.54) is 6.92 Å². The Morgan fingerprint density at radius 3 is 2.39 bits per heavy atom. The van der Waals surface area contributed by atoms with E-state index in [2.05, 4.69) is 11.9 Å². The molecule has 0 saturated heterocycles. The number of ether oxygens (including phenoxy) is 1. The molecule has 4 atom stereocenters. The maximum Gasteiger partial charge on any atom is 0.435 e. The van der Waals surface area contributed by atoms with Crippen molar-refractivity contribution in [2.45, 2.75) is 51.8 Å². The first-order valence-electron chi connectivity index (χ1n) is 10.2. The van der Waals surface area contributed by atoms with Crippen molar-refractivity contribution >= 4 is 41.2 Å². The lowest BCUT2D eigenvalue weighted by Gasteiger charge is -2.32. The molecule has 180 valence electrons. The van der Waals surface area contributed by atoms with E-state index in [4.69, 9.17) is 10.5 Å². The molecular weight excluding hydrogens is 438 g/mol. The van der Waals surface area contributed by atoms with E-state index in [0.29, 0.717) is 0 Å². The van der Waals surface area contributed by atoms with Crippen molar-refractivity contribution in [2.24, 2.45) is 11.7 Å². The Hall–Kier alpha value is -3.61. The first-order chi connectivity index (χ1) is 15.3. The Kier molecular flexibility index (Phi) is 7.69. The molecule has 0 bridgehead atoms. The molecule has 0 saturated carbocycles. The molecule has 4 N–H and O–H groups in total. The van der Waals surface area contributed by atoms with Gasteiger partial charge in [-0.3, -0.25) is 24.4 Å². The average Bonchev–Trinajstić information content (AvgIpc) is 3.15. The summed E-state index contributed by atoms with van der Waals surface area (Å²) in [5.41, 5.74) is 4.79. The number of nitrogens with zero attached hydrogens (tertiary/aromatic N) is 3. The molecule has 0 aromatic rings. The monoisotopic (exact) mass is 466 g/mol. The minimum absolute atomic E-state index is 0.0123. The van der Waals surface area contributed by atoms with Crippen LogP contribution in [0.15, 0.2) is 12.3 Å². The Morgan fingerprint density at radius 1 is 1.21 bits per heavy atom. The zero-order chi connectivity index (χ0) is 25.2. The van der Waals surface area contributed by atoms with Gasteiger partial charge < -0.3 is 20.7 Å². The van der Waals surface area contributed by atoms with Crippen LogP contribution in [0.4, 0.5) is 0 Å². The maximum absolute atomic E-state index is 12.9. The van der Waals surface area contributed by atoms with Gasteiger partial charge in [0, 0.05) is 19.4 Å². The van der Waals surface area contributed by atoms with Crippen LogP contribution in [0, 0.1) is 5.92 Å². The highest BCUT2D eigenvalue weighted by Crippen LogP contribution is 2.17. The van der Waals surface area contributed by atoms with Gasteiger partial charge in [-0.15, -0.1) is 0 Å². The highest BCUT2D eigenvalue weighted by Gasteiger charge is 2.43. The molecule has 2 heterocycles. The Morgan fingerprint density at radius 2 is 1.82 bits per heavy atom. The lowest BCUT2D eigenvalue weighted by Crippen LogP contribution is -2.56. The van der Waals surface area contributed by atoms with E-state index < -0.39 is 65.8 Å². The second-order valence-corrected chi connectivity index (χ2v) is 8.18. The summed E-state index contributed by atoms with van der Waals surface area (Å²) in [5, 5.41) is 12.6. The molecule has 13 nitrogen and oxygen atoms in total. The number of hydrogen-bond acceptors (Lipinski definition) is 8. The number of primary amides is 1. The summed E-state index contributed by atoms with van der Waals surface area (Å²) in [4.78, 5) is 76.1. The molecule has 5 amide bonds. The predicted molar refractivity (Wildman–Crippen MR) is 110 cm³/mol. The molecule has 0 spiro atoms. The van der Waals surface area contributed by atoms with E-state index in [-0.39, 0.29) is 29.7 Å². The fourth-order valence-electron chi connectivity index (χ4n) is 3.55. The zero-order valence-electron chi connectivity index (χ0n) is 18.9. The van der Waals surface area contributed by atoms with Crippen molar-refractivity contribution in [3.05, 3.63) is 12.3 Å². The fourth-order valence-corrected chi connectivity index (χ4v) is 3.55. The van der Waals surface area contributed by atoms with Gasteiger partial charge in [-0.1, -0.05) is 13.5 Å². The van der Waals surface area contributed by atoms with Crippen LogP contribution in [0.25, 0.3) is 0 Å². The number of cyclic esters (lactones) is 1. The second-order valence-electron chi connectivity index (χ2n) is 8.18. The molecule has 2 rings (SSSR count). The van der Waals surface area contributed by atoms with E-state index in [0.717, 1.165) is 23.4 Å². The number of amides is 5. The summed E-state index contributed by atoms with van der Waals surface area (Å²) in [6.07, 6.45) is -1.88. The number of rotatable bonds is 2. The van der Waals surface area contributed by atoms with Gasteiger partial charge >= 0.3 is 11.9 Å². The van der Waals surface area contributed by atoms with Gasteiger partial charge in [-0.05, 0) is 13.8 Å². The normalized spacial score (nSPS) is 28.3. The van der Waals surface area contributed by atoms with Crippen molar-refractivity contribution in [1.82, 2.24) is 15.3 Å². The Labute approximate surface area is 189 Å². The third-order valence-corrected chi connectivity index (χ3v) is 5.47. The molecule has 0 fully saturated rings. The van der Waals surface area contributed by atoms with Crippen LogP contribution in [0.5, 0.6) is 0 Å². The molecule has 4 unspecified atom stereocenters. The first kappa shape index (κ1) is 25.6. The molecule has 2 aliphatic rings. The topological polar surface area (TPSA) is 179 Å². The first-order valence-corrected chi connectivity index (χ1v) is 10.2. The van der Waals surface area contributed by atoms with E-state index in [1.807, 2.05) is 0 Å². The summed E-state index contributed by atoms with van der Waals surface area (Å²) >= 11 is 0. The highest BCUT2D eigenvalue weighted by atomic mass is 16.5. The molecule has 13 heteroatoms. The molecule has 0 aromatic carbocycles. The number of likely N-dealkylation sites (N-methyl/N-ethyl adjacent to an activating group) is 1. The van der Waals surface area contributed by atoms with Crippen LogP contribution in [0.2, 0.25) is 0 Å². The molecular formula is C20H28N5O8+. The fraction of sp³-hybridized carbons (Fsp3) is 0.550. The van der Waals surface area contributed by atoms with Crippen molar-refractivity contribution in [3.8, 4) is 0 Å². The van der Waals surface area contributed by atoms with Gasteiger partial charge in [-0.2, -0.15) is 4.58 Å². The third kappa shape index (κ3) is 5.42. The Bertz CT molecular complexity index is 958. The molecule has 33 heavy (non-hydrogen) atoms. The maximum atomic E-state index is 12.9. The minimum Gasteiger partial charge on any atom is -0.445 e. The number of hydroxylamine groups is 2. The number of hydrogen-bond donors (Lipinski definition) is 3. The van der Waals surface area contributed by atoms with Crippen molar-refractivity contribution in [3.63, 3.8) is 0 Å². The number of esters is 1. The highest BCUT2D eigenvalue weighted by molar-refractivity contribution is 6.35. The van der Waals surface area contributed by atoms with Crippen LogP contribution in [0.3, 0.4) is 0 Å². The Balaban J connectivity index is 2.54. The smallest absolute Gasteiger partial charge is 0.435 e. The van der Waals surface area contributed by atoms with Crippen LogP contribution in [-0.2, 0) is 33.5 Å². The lowest BCUT2D eigenvalue weighted by atomic mass is 10.1. The number of carbonyl (C=O) groups excluding carboxylic acids is 6. The lowest BCUT2D eigenvalue weighted by molar-refractivity contribution is -0.441. The quantitative estimate of drug-likeness (QED) is 0.179. The van der Waals surface area contributed by atoms with Crippen LogP contribution in [-0.4, -0.2) is 92.7 Å². The molecule has 0 aromatic heterocycles. The van der Waals surface area contributed by atoms with Crippen LogP contribution >= 0.6 is 0 Å². The van der Waals surface area contributed by atoms with Gasteiger partial charge in [0.15, 0.2) is 18.3 Å². The number of nitrogens with one attached hydrogen (secondary N) is 1. The SMILES string of the molecule is C=C1NC(=O)C(C)N(O)C(=O)C(CC(N)=O)N(C)C(=O)C(C)OC(=O)C2=[N+](CC(C)C2)C1=O. The zero-order valence-corrected chi connectivity index (χ0v) is 18.9. The van der Waals surface area contributed by atoms with Crippen molar-refractivity contribution < 1.29 is 43.3 Å². The minimum atomic E-state index is -1.58. The van der Waals surface area contributed by atoms with Crippen molar-refractivity contribution in [2.75, 3.05) is 13.6 Å². The van der Waals surface area contributed by atoms with E-state index in [1.54, 1.807) is 6.92 Å². The summed E-state index contributed by atoms with van der Waals surface area (Å²) < 4.78 is 6.34. The van der Waals surface area contributed by atoms with Gasteiger partial charge in [0.1, 0.15) is 12.1 Å². The molecule has 0 aliphatic carbocycles. The summed E-state index contributed by atoms with van der Waals surface area (Å²) in [7, 11) is 1.16. The van der Waals surface area contributed by atoms with E-state index >= 15 is 0 Å². The predicted octanol–water partition coefficient (Wildman–Crippen LogP) is -2.11. The largest absolute Gasteiger partial charge is 0.445 e. The van der Waals surface area contributed by atoms with Gasteiger partial charge in [0.2, 0.25) is 11.8 Å². The van der Waals surface area contributed by atoms with Gasteiger partial charge in [0.25, 0.3) is 17.5 Å².